The highest BCUT2D eigenvalue weighted by Gasteiger charge is 2.06. The second-order valence-corrected chi connectivity index (χ2v) is 4.31. The molecule has 0 aliphatic heterocycles. The Kier molecular flexibility index (Phi) is 4.55. The fourth-order valence-corrected chi connectivity index (χ4v) is 1.70. The van der Waals surface area contributed by atoms with Gasteiger partial charge in [0.1, 0.15) is 18.1 Å². The number of nitrogens with one attached hydrogen (secondary N) is 1. The van der Waals surface area contributed by atoms with Gasteiger partial charge in [-0.3, -0.25) is 4.79 Å². The van der Waals surface area contributed by atoms with Gasteiger partial charge in [-0.15, -0.1) is 0 Å². The molecule has 2 aromatic rings. The van der Waals surface area contributed by atoms with E-state index in [2.05, 4.69) is 10.3 Å². The van der Waals surface area contributed by atoms with Gasteiger partial charge in [-0.2, -0.15) is 0 Å². The summed E-state index contributed by atoms with van der Waals surface area (Å²) in [6.07, 6.45) is 0. The Morgan fingerprint density at radius 2 is 2.05 bits per heavy atom. The summed E-state index contributed by atoms with van der Waals surface area (Å²) in [6.45, 7) is 2.59. The molecule has 3 N–H and O–H groups in total. The van der Waals surface area contributed by atoms with Gasteiger partial charge in [0.15, 0.2) is 0 Å². The van der Waals surface area contributed by atoms with E-state index in [1.54, 1.807) is 24.3 Å². The predicted molar refractivity (Wildman–Crippen MR) is 77.7 cm³/mol. The lowest BCUT2D eigenvalue weighted by Gasteiger charge is -2.09. The highest BCUT2D eigenvalue weighted by molar-refractivity contribution is 5.92. The highest BCUT2D eigenvalue weighted by atomic mass is 16.5. The standard InChI is InChI=1S/C15H17N3O2/c1-11-5-4-7-13(18-11)15(19)17-9-10-20-14-8-3-2-6-12(14)16/h2-8H,9-10,16H2,1H3,(H,17,19). The lowest BCUT2D eigenvalue weighted by Crippen LogP contribution is -2.28. The summed E-state index contributed by atoms with van der Waals surface area (Å²) in [5.41, 5.74) is 7.55. The van der Waals surface area contributed by atoms with Crippen molar-refractivity contribution in [3.05, 3.63) is 53.9 Å². The summed E-state index contributed by atoms with van der Waals surface area (Å²) in [5.74, 6) is 0.411. The fraction of sp³-hybridized carbons (Fsp3) is 0.200. The third-order valence-electron chi connectivity index (χ3n) is 2.69. The number of ether oxygens (including phenoxy) is 1. The van der Waals surface area contributed by atoms with Crippen molar-refractivity contribution >= 4 is 11.6 Å². The molecule has 104 valence electrons. The van der Waals surface area contributed by atoms with Gasteiger partial charge in [0.2, 0.25) is 0 Å². The van der Waals surface area contributed by atoms with Gasteiger partial charge in [-0.05, 0) is 31.2 Å². The second-order valence-electron chi connectivity index (χ2n) is 4.31. The Morgan fingerprint density at radius 1 is 1.25 bits per heavy atom. The summed E-state index contributed by atoms with van der Waals surface area (Å²) in [4.78, 5) is 16.0. The Labute approximate surface area is 117 Å². The van der Waals surface area contributed by atoms with Crippen LogP contribution in [0, 0.1) is 6.92 Å². The molecule has 0 unspecified atom stereocenters. The van der Waals surface area contributed by atoms with Gasteiger partial charge >= 0.3 is 0 Å². The van der Waals surface area contributed by atoms with Gasteiger partial charge in [-0.1, -0.05) is 18.2 Å². The van der Waals surface area contributed by atoms with E-state index in [9.17, 15) is 4.79 Å². The number of nitrogen functional groups attached to an aromatic ring is 1. The van der Waals surface area contributed by atoms with E-state index >= 15 is 0 Å². The number of hydrogen-bond donors (Lipinski definition) is 2. The predicted octanol–water partition coefficient (Wildman–Crippen LogP) is 1.78. The Bertz CT molecular complexity index is 599. The minimum Gasteiger partial charge on any atom is -0.490 e. The number of amides is 1. The Morgan fingerprint density at radius 3 is 2.80 bits per heavy atom. The molecule has 5 heteroatoms. The molecule has 0 radical (unpaired) electrons. The average molecular weight is 271 g/mol. The molecule has 0 spiro atoms. The van der Waals surface area contributed by atoms with E-state index in [4.69, 9.17) is 10.5 Å². The first-order valence-electron chi connectivity index (χ1n) is 6.36. The van der Waals surface area contributed by atoms with Crippen LogP contribution in [0.5, 0.6) is 5.75 Å². The molecule has 1 heterocycles. The zero-order valence-electron chi connectivity index (χ0n) is 11.3. The summed E-state index contributed by atoms with van der Waals surface area (Å²) >= 11 is 0. The first kappa shape index (κ1) is 13.9. The molecule has 0 aliphatic rings. The normalized spacial score (nSPS) is 10.1. The maximum Gasteiger partial charge on any atom is 0.270 e. The summed E-state index contributed by atoms with van der Waals surface area (Å²) in [6, 6.07) is 12.6. The minimum absolute atomic E-state index is 0.210. The van der Waals surface area contributed by atoms with Crippen molar-refractivity contribution in [1.29, 1.82) is 0 Å². The Hall–Kier alpha value is -2.56. The van der Waals surface area contributed by atoms with Gasteiger partial charge in [0.05, 0.1) is 12.2 Å². The smallest absolute Gasteiger partial charge is 0.270 e. The first-order valence-corrected chi connectivity index (χ1v) is 6.36. The average Bonchev–Trinajstić information content (AvgIpc) is 2.45. The quantitative estimate of drug-likeness (QED) is 0.642. The molecule has 0 aliphatic carbocycles. The van der Waals surface area contributed by atoms with Crippen LogP contribution in [0.15, 0.2) is 42.5 Å². The fourth-order valence-electron chi connectivity index (χ4n) is 1.70. The molecule has 0 fully saturated rings. The molecular weight excluding hydrogens is 254 g/mol. The van der Waals surface area contributed by atoms with E-state index < -0.39 is 0 Å². The van der Waals surface area contributed by atoms with Gasteiger partial charge in [0.25, 0.3) is 5.91 Å². The van der Waals surface area contributed by atoms with Crippen LogP contribution in [0.2, 0.25) is 0 Å². The second kappa shape index (κ2) is 6.56. The number of carbonyl (C=O) groups excluding carboxylic acids is 1. The zero-order valence-corrected chi connectivity index (χ0v) is 11.3. The largest absolute Gasteiger partial charge is 0.490 e. The minimum atomic E-state index is -0.210. The number of nitrogens with two attached hydrogens (primary N) is 1. The molecule has 0 saturated heterocycles. The third-order valence-corrected chi connectivity index (χ3v) is 2.69. The van der Waals surface area contributed by atoms with Crippen LogP contribution in [0.25, 0.3) is 0 Å². The van der Waals surface area contributed by atoms with E-state index in [0.29, 0.717) is 30.3 Å². The third kappa shape index (κ3) is 3.71. The number of aromatic nitrogens is 1. The van der Waals surface area contributed by atoms with Crippen molar-refractivity contribution in [2.24, 2.45) is 0 Å². The van der Waals surface area contributed by atoms with Crippen LogP contribution in [0.3, 0.4) is 0 Å². The molecule has 2 rings (SSSR count). The van der Waals surface area contributed by atoms with Gasteiger partial charge < -0.3 is 15.8 Å². The number of nitrogens with zero attached hydrogens (tertiary/aromatic N) is 1. The van der Waals surface area contributed by atoms with Gasteiger partial charge in [-0.25, -0.2) is 4.98 Å². The van der Waals surface area contributed by atoms with Crippen molar-refractivity contribution < 1.29 is 9.53 Å². The molecule has 1 amide bonds. The molecule has 1 aromatic carbocycles. The topological polar surface area (TPSA) is 77.2 Å². The van der Waals surface area contributed by atoms with E-state index in [1.165, 1.54) is 0 Å². The van der Waals surface area contributed by atoms with Crippen molar-refractivity contribution in [3.63, 3.8) is 0 Å². The van der Waals surface area contributed by atoms with Crippen LogP contribution in [-0.4, -0.2) is 24.0 Å². The van der Waals surface area contributed by atoms with E-state index in [-0.39, 0.29) is 5.91 Å². The number of para-hydroxylation sites is 2. The number of carbonyl (C=O) groups is 1. The van der Waals surface area contributed by atoms with E-state index in [1.807, 2.05) is 25.1 Å². The van der Waals surface area contributed by atoms with Crippen molar-refractivity contribution in [3.8, 4) is 5.75 Å². The number of aryl methyl sites for hydroxylation is 1. The van der Waals surface area contributed by atoms with Crippen molar-refractivity contribution in [1.82, 2.24) is 10.3 Å². The Balaban J connectivity index is 1.79. The molecule has 20 heavy (non-hydrogen) atoms. The molecule has 0 saturated carbocycles. The van der Waals surface area contributed by atoms with Gasteiger partial charge in [0, 0.05) is 5.69 Å². The number of pyridine rings is 1. The number of benzene rings is 1. The molecule has 1 aromatic heterocycles. The lowest BCUT2D eigenvalue weighted by atomic mass is 10.3. The monoisotopic (exact) mass is 271 g/mol. The van der Waals surface area contributed by atoms with Crippen molar-refractivity contribution in [2.45, 2.75) is 6.92 Å². The van der Waals surface area contributed by atoms with E-state index in [0.717, 1.165) is 5.69 Å². The zero-order chi connectivity index (χ0) is 14.4. The summed E-state index contributed by atoms with van der Waals surface area (Å²) in [7, 11) is 0. The number of hydrogen-bond acceptors (Lipinski definition) is 4. The molecule has 0 atom stereocenters. The SMILES string of the molecule is Cc1cccc(C(=O)NCCOc2ccccc2N)n1. The van der Waals surface area contributed by atoms with Crippen LogP contribution in [0.4, 0.5) is 5.69 Å². The van der Waals surface area contributed by atoms with Crippen molar-refractivity contribution in [2.75, 3.05) is 18.9 Å². The molecular formula is C15H17N3O2. The maximum absolute atomic E-state index is 11.8. The number of anilines is 1. The maximum atomic E-state index is 11.8. The number of rotatable bonds is 5. The highest BCUT2D eigenvalue weighted by Crippen LogP contribution is 2.19. The summed E-state index contributed by atoms with van der Waals surface area (Å²) in [5, 5.41) is 2.75. The van der Waals surface area contributed by atoms with Crippen LogP contribution in [0.1, 0.15) is 16.2 Å². The molecule has 5 nitrogen and oxygen atoms in total. The molecule has 0 bridgehead atoms. The summed E-state index contributed by atoms with van der Waals surface area (Å²) < 4.78 is 5.49. The van der Waals surface area contributed by atoms with Crippen LogP contribution in [-0.2, 0) is 0 Å². The first-order chi connectivity index (χ1) is 9.66. The van der Waals surface area contributed by atoms with Crippen LogP contribution < -0.4 is 15.8 Å². The lowest BCUT2D eigenvalue weighted by molar-refractivity contribution is 0.0942. The van der Waals surface area contributed by atoms with Crippen LogP contribution >= 0.6 is 0 Å².